The molecule has 0 N–H and O–H groups in total. The van der Waals surface area contributed by atoms with E-state index in [-0.39, 0.29) is 4.73 Å². The first-order valence-corrected chi connectivity index (χ1v) is 4.42. The fourth-order valence-corrected chi connectivity index (χ4v) is 1.32. The van der Waals surface area contributed by atoms with Crippen LogP contribution in [0.25, 0.3) is 0 Å². The zero-order chi connectivity index (χ0) is 13.3. The van der Waals surface area contributed by atoms with Crippen LogP contribution in [0.3, 0.4) is 0 Å². The quantitative estimate of drug-likeness (QED) is 0.455. The lowest BCUT2D eigenvalue weighted by molar-refractivity contribution is -0.616. The van der Waals surface area contributed by atoms with Crippen LogP contribution in [0, 0.1) is 5.21 Å². The lowest BCUT2D eigenvalue weighted by Crippen LogP contribution is -2.36. The Labute approximate surface area is 92.1 Å². The highest BCUT2D eigenvalue weighted by Crippen LogP contribution is 2.26. The van der Waals surface area contributed by atoms with E-state index in [0.717, 1.165) is 18.3 Å². The maximum atomic E-state index is 12.1. The summed E-state index contributed by atoms with van der Waals surface area (Å²) in [5, 5.41) is 11.1. The van der Waals surface area contributed by atoms with Crippen LogP contribution in [-0.4, -0.2) is 12.4 Å². The largest absolute Gasteiger partial charge is 0.618 e. The molecule has 1 heterocycles. The number of hydrogen-bond donors (Lipinski definition) is 0. The molecular formula is C9H7F6NO. The van der Waals surface area contributed by atoms with Gasteiger partial charge in [0.2, 0.25) is 5.69 Å². The van der Waals surface area contributed by atoms with E-state index in [1.165, 1.54) is 0 Å². The third kappa shape index (κ3) is 4.49. The number of pyridine rings is 1. The Morgan fingerprint density at radius 2 is 1.53 bits per heavy atom. The minimum absolute atomic E-state index is 0.186. The van der Waals surface area contributed by atoms with Crippen molar-refractivity contribution >= 4 is 0 Å². The van der Waals surface area contributed by atoms with Gasteiger partial charge < -0.3 is 5.21 Å². The first kappa shape index (κ1) is 13.6. The standard InChI is InChI=1S/C9H7F6NO/c10-8(11,12)4-6-2-1-3-16(17)7(6)5-9(13,14)15/h1-3H,4-5H2. The maximum Gasteiger partial charge on any atom is 0.398 e. The van der Waals surface area contributed by atoms with E-state index in [0.29, 0.717) is 0 Å². The van der Waals surface area contributed by atoms with Crippen molar-refractivity contribution in [1.29, 1.82) is 0 Å². The summed E-state index contributed by atoms with van der Waals surface area (Å²) >= 11 is 0. The van der Waals surface area contributed by atoms with Crippen molar-refractivity contribution in [2.45, 2.75) is 25.2 Å². The van der Waals surface area contributed by atoms with Crippen molar-refractivity contribution in [1.82, 2.24) is 0 Å². The zero-order valence-corrected chi connectivity index (χ0v) is 8.27. The van der Waals surface area contributed by atoms with E-state index >= 15 is 0 Å². The Bertz CT molecular complexity index is 397. The molecular weight excluding hydrogens is 252 g/mol. The average Bonchev–Trinajstić information content (AvgIpc) is 2.07. The molecule has 0 saturated carbocycles. The van der Waals surface area contributed by atoms with Crippen molar-refractivity contribution in [3.63, 3.8) is 0 Å². The summed E-state index contributed by atoms with van der Waals surface area (Å²) in [6, 6.07) is 1.84. The highest BCUT2D eigenvalue weighted by Gasteiger charge is 2.37. The van der Waals surface area contributed by atoms with Crippen molar-refractivity contribution in [3.8, 4) is 0 Å². The highest BCUT2D eigenvalue weighted by molar-refractivity contribution is 5.18. The van der Waals surface area contributed by atoms with Crippen molar-refractivity contribution in [2.75, 3.05) is 0 Å². The topological polar surface area (TPSA) is 26.9 Å². The van der Waals surface area contributed by atoms with Gasteiger partial charge in [-0.05, 0) is 6.07 Å². The third-order valence-electron chi connectivity index (χ3n) is 1.91. The van der Waals surface area contributed by atoms with Gasteiger partial charge in [-0.3, -0.25) is 0 Å². The molecule has 0 aliphatic rings. The number of halogens is 6. The summed E-state index contributed by atoms with van der Waals surface area (Å²) in [5.74, 6) is 0. The first-order valence-electron chi connectivity index (χ1n) is 4.42. The second-order valence-corrected chi connectivity index (χ2v) is 3.39. The minimum atomic E-state index is -4.73. The summed E-state index contributed by atoms with van der Waals surface area (Å²) < 4.78 is 72.4. The minimum Gasteiger partial charge on any atom is -0.618 e. The molecule has 2 nitrogen and oxygen atoms in total. The van der Waals surface area contributed by atoms with Gasteiger partial charge in [0, 0.05) is 11.6 Å². The van der Waals surface area contributed by atoms with Gasteiger partial charge in [0.15, 0.2) is 6.20 Å². The summed E-state index contributed by atoms with van der Waals surface area (Å²) in [6.45, 7) is 0. The van der Waals surface area contributed by atoms with Gasteiger partial charge in [0.05, 0.1) is 6.42 Å². The number of aromatic nitrogens is 1. The number of hydrogen-bond acceptors (Lipinski definition) is 1. The Balaban J connectivity index is 3.09. The van der Waals surface area contributed by atoms with Gasteiger partial charge in [-0.1, -0.05) is 0 Å². The SMILES string of the molecule is [O-][n+]1cccc(CC(F)(F)F)c1CC(F)(F)F. The van der Waals surface area contributed by atoms with Gasteiger partial charge in [-0.25, -0.2) is 0 Å². The lowest BCUT2D eigenvalue weighted by Gasteiger charge is -2.12. The summed E-state index contributed by atoms with van der Waals surface area (Å²) in [5.41, 5.74) is -1.58. The van der Waals surface area contributed by atoms with E-state index in [9.17, 15) is 31.5 Å². The van der Waals surface area contributed by atoms with Crippen LogP contribution in [0.15, 0.2) is 18.3 Å². The first-order chi connectivity index (χ1) is 7.58. The van der Waals surface area contributed by atoms with Crippen molar-refractivity contribution in [3.05, 3.63) is 34.8 Å². The van der Waals surface area contributed by atoms with E-state index in [2.05, 4.69) is 0 Å². The average molecular weight is 259 g/mol. The maximum absolute atomic E-state index is 12.1. The fourth-order valence-electron chi connectivity index (χ4n) is 1.32. The van der Waals surface area contributed by atoms with Crippen LogP contribution < -0.4 is 4.73 Å². The number of rotatable bonds is 2. The molecule has 0 unspecified atom stereocenters. The van der Waals surface area contributed by atoms with Gasteiger partial charge in [-0.2, -0.15) is 31.1 Å². The van der Waals surface area contributed by atoms with E-state index in [1.807, 2.05) is 0 Å². The molecule has 17 heavy (non-hydrogen) atoms. The van der Waals surface area contributed by atoms with Crippen LogP contribution in [0.5, 0.6) is 0 Å². The van der Waals surface area contributed by atoms with Gasteiger partial charge >= 0.3 is 12.4 Å². The molecule has 0 fully saturated rings. The molecule has 1 rings (SSSR count). The molecule has 0 bridgehead atoms. The van der Waals surface area contributed by atoms with Crippen LogP contribution >= 0.6 is 0 Å². The van der Waals surface area contributed by atoms with Crippen LogP contribution in [0.4, 0.5) is 26.3 Å². The molecule has 1 aromatic rings. The third-order valence-corrected chi connectivity index (χ3v) is 1.91. The number of alkyl halides is 6. The fraction of sp³-hybridized carbons (Fsp3) is 0.444. The van der Waals surface area contributed by atoms with Gasteiger partial charge in [0.25, 0.3) is 0 Å². The second kappa shape index (κ2) is 4.42. The molecule has 0 spiro atoms. The summed E-state index contributed by atoms with van der Waals surface area (Å²) in [7, 11) is 0. The summed E-state index contributed by atoms with van der Waals surface area (Å²) in [4.78, 5) is 0. The predicted octanol–water partition coefficient (Wildman–Crippen LogP) is 2.53. The molecule has 96 valence electrons. The Hall–Kier alpha value is -1.47. The molecule has 0 amide bonds. The summed E-state index contributed by atoms with van der Waals surface area (Å²) in [6.07, 6.45) is -11.9. The molecule has 0 radical (unpaired) electrons. The Morgan fingerprint density at radius 1 is 1.00 bits per heavy atom. The van der Waals surface area contributed by atoms with E-state index < -0.39 is 36.5 Å². The molecule has 0 saturated heterocycles. The smallest absolute Gasteiger partial charge is 0.398 e. The normalized spacial score (nSPS) is 12.8. The van der Waals surface area contributed by atoms with Gasteiger partial charge in [0.1, 0.15) is 6.42 Å². The Morgan fingerprint density at radius 3 is 2.00 bits per heavy atom. The monoisotopic (exact) mass is 259 g/mol. The van der Waals surface area contributed by atoms with Crippen LogP contribution in [0.1, 0.15) is 11.3 Å². The van der Waals surface area contributed by atoms with Crippen molar-refractivity contribution in [2.24, 2.45) is 0 Å². The molecule has 0 aliphatic carbocycles. The van der Waals surface area contributed by atoms with Crippen molar-refractivity contribution < 1.29 is 31.1 Å². The van der Waals surface area contributed by atoms with E-state index in [4.69, 9.17) is 0 Å². The molecule has 0 aliphatic heterocycles. The lowest BCUT2D eigenvalue weighted by atomic mass is 10.1. The zero-order valence-electron chi connectivity index (χ0n) is 8.27. The Kier molecular flexibility index (Phi) is 3.53. The highest BCUT2D eigenvalue weighted by atomic mass is 19.4. The van der Waals surface area contributed by atoms with E-state index in [1.54, 1.807) is 0 Å². The van der Waals surface area contributed by atoms with Crippen LogP contribution in [-0.2, 0) is 12.8 Å². The molecule has 0 atom stereocenters. The molecule has 1 aromatic heterocycles. The van der Waals surface area contributed by atoms with Gasteiger partial charge in [-0.15, -0.1) is 0 Å². The van der Waals surface area contributed by atoms with Crippen LogP contribution in [0.2, 0.25) is 0 Å². The second-order valence-electron chi connectivity index (χ2n) is 3.39. The molecule has 8 heteroatoms. The molecule has 0 aromatic carbocycles. The number of nitrogens with zero attached hydrogens (tertiary/aromatic N) is 1. The predicted molar refractivity (Wildman–Crippen MR) is 44.9 cm³/mol.